The number of allylic oxidation sites excluding steroid dienone is 3. The van der Waals surface area contributed by atoms with E-state index in [4.69, 9.17) is 0 Å². The predicted molar refractivity (Wildman–Crippen MR) is 130 cm³/mol. The molecule has 0 fully saturated rings. The minimum atomic E-state index is 0.0599. The number of rotatable bonds is 8. The molecule has 30 heavy (non-hydrogen) atoms. The molecule has 0 spiro atoms. The maximum Gasteiger partial charge on any atom is 0.0804 e. The topological polar surface area (TPSA) is 43.7 Å². The summed E-state index contributed by atoms with van der Waals surface area (Å²) in [4.78, 5) is 5.68. The van der Waals surface area contributed by atoms with Gasteiger partial charge in [-0.3, -0.25) is 0 Å². The number of aliphatic hydroxyl groups excluding tert-OH is 2. The molecule has 3 nitrogen and oxygen atoms in total. The Morgan fingerprint density at radius 1 is 1.10 bits per heavy atom. The highest BCUT2D eigenvalue weighted by molar-refractivity contribution is 8.03. The van der Waals surface area contributed by atoms with E-state index in [2.05, 4.69) is 62.6 Å². The number of aliphatic hydroxyl groups is 2. The van der Waals surface area contributed by atoms with Crippen molar-refractivity contribution in [2.24, 2.45) is 0 Å². The van der Waals surface area contributed by atoms with Gasteiger partial charge in [-0.15, -0.1) is 0 Å². The zero-order valence-corrected chi connectivity index (χ0v) is 19.4. The maximum atomic E-state index is 9.47. The van der Waals surface area contributed by atoms with Crippen molar-refractivity contribution in [3.05, 3.63) is 87.3 Å². The molecule has 2 N–H and O–H groups in total. The summed E-state index contributed by atoms with van der Waals surface area (Å²) in [7, 11) is 0. The molecule has 0 aliphatic carbocycles. The SMILES string of the molecule is C=C(/C=C(\C=C1/Sc2ccc(CO)cc2N1CC)CC)Sc1ccc(CO)cc1C. The van der Waals surface area contributed by atoms with Gasteiger partial charge >= 0.3 is 0 Å². The zero-order chi connectivity index (χ0) is 21.7. The van der Waals surface area contributed by atoms with Crippen LogP contribution in [0.3, 0.4) is 0 Å². The summed E-state index contributed by atoms with van der Waals surface area (Å²) in [5, 5.41) is 20.0. The molecule has 1 aliphatic rings. The van der Waals surface area contributed by atoms with Crippen molar-refractivity contribution in [1.29, 1.82) is 0 Å². The highest BCUT2D eigenvalue weighted by Gasteiger charge is 2.24. The molecule has 5 heteroatoms. The highest BCUT2D eigenvalue weighted by Crippen LogP contribution is 2.46. The average Bonchev–Trinajstić information content (AvgIpc) is 3.10. The Morgan fingerprint density at radius 2 is 1.80 bits per heavy atom. The van der Waals surface area contributed by atoms with Gasteiger partial charge in [-0.1, -0.05) is 55.2 Å². The zero-order valence-electron chi connectivity index (χ0n) is 17.8. The summed E-state index contributed by atoms with van der Waals surface area (Å²) in [6, 6.07) is 12.2. The molecule has 0 radical (unpaired) electrons. The van der Waals surface area contributed by atoms with E-state index in [1.807, 2.05) is 18.2 Å². The van der Waals surface area contributed by atoms with Gasteiger partial charge in [0.15, 0.2) is 0 Å². The molecule has 0 amide bonds. The van der Waals surface area contributed by atoms with E-state index in [9.17, 15) is 10.2 Å². The first kappa shape index (κ1) is 22.8. The van der Waals surface area contributed by atoms with Gasteiger partial charge in [-0.05, 0) is 72.9 Å². The van der Waals surface area contributed by atoms with Gasteiger partial charge in [-0.2, -0.15) is 0 Å². The second kappa shape index (κ2) is 10.4. The van der Waals surface area contributed by atoms with Crippen LogP contribution in [0.5, 0.6) is 0 Å². The first-order chi connectivity index (χ1) is 14.5. The lowest BCUT2D eigenvalue weighted by atomic mass is 10.1. The Kier molecular flexibility index (Phi) is 7.89. The van der Waals surface area contributed by atoms with Crippen LogP contribution in [-0.4, -0.2) is 16.8 Å². The molecule has 0 unspecified atom stereocenters. The molecule has 1 heterocycles. The molecule has 2 aromatic carbocycles. The molecule has 0 saturated heterocycles. The lowest BCUT2D eigenvalue weighted by Gasteiger charge is -2.19. The van der Waals surface area contributed by atoms with Crippen LogP contribution in [-0.2, 0) is 13.2 Å². The largest absolute Gasteiger partial charge is 0.392 e. The molecule has 158 valence electrons. The lowest BCUT2D eigenvalue weighted by molar-refractivity contribution is 0.281. The molecule has 0 bridgehead atoms. The smallest absolute Gasteiger partial charge is 0.0804 e. The third kappa shape index (κ3) is 5.22. The number of benzene rings is 2. The lowest BCUT2D eigenvalue weighted by Crippen LogP contribution is -2.16. The van der Waals surface area contributed by atoms with Crippen molar-refractivity contribution < 1.29 is 10.2 Å². The fraction of sp³-hybridized carbons (Fsp3) is 0.280. The van der Waals surface area contributed by atoms with Gasteiger partial charge in [0.05, 0.1) is 23.9 Å². The van der Waals surface area contributed by atoms with E-state index in [1.54, 1.807) is 23.5 Å². The van der Waals surface area contributed by atoms with Crippen LogP contribution in [0.2, 0.25) is 0 Å². The van der Waals surface area contributed by atoms with Crippen molar-refractivity contribution in [1.82, 2.24) is 0 Å². The average molecular weight is 440 g/mol. The standard InChI is InChI=1S/C25H29NO2S2/c1-5-19(12-18(4)29-23-9-7-20(15-27)11-17(23)3)14-25-26(6-2)22-13-21(16-28)8-10-24(22)30-25/h7-14,27-28H,4-6,15-16H2,1-3H3/b19-12-,25-14-. The van der Waals surface area contributed by atoms with Gasteiger partial charge in [0.1, 0.15) is 0 Å². The van der Waals surface area contributed by atoms with Gasteiger partial charge in [0.2, 0.25) is 0 Å². The minimum absolute atomic E-state index is 0.0599. The van der Waals surface area contributed by atoms with E-state index >= 15 is 0 Å². The van der Waals surface area contributed by atoms with Gasteiger partial charge < -0.3 is 15.1 Å². The summed E-state index contributed by atoms with van der Waals surface area (Å²) in [5.41, 5.74) is 5.42. The number of fused-ring (bicyclic) bond motifs is 1. The first-order valence-corrected chi connectivity index (χ1v) is 11.8. The molecular weight excluding hydrogens is 410 g/mol. The molecule has 1 aliphatic heterocycles. The Labute approximate surface area is 188 Å². The van der Waals surface area contributed by atoms with Crippen LogP contribution in [0, 0.1) is 6.92 Å². The van der Waals surface area contributed by atoms with Crippen molar-refractivity contribution in [2.45, 2.75) is 50.2 Å². The molecule has 0 aromatic heterocycles. The monoisotopic (exact) mass is 439 g/mol. The van der Waals surface area contributed by atoms with Crippen LogP contribution in [0.15, 0.2) is 80.4 Å². The van der Waals surface area contributed by atoms with E-state index < -0.39 is 0 Å². The van der Waals surface area contributed by atoms with Crippen LogP contribution >= 0.6 is 23.5 Å². The van der Waals surface area contributed by atoms with E-state index in [0.717, 1.165) is 39.5 Å². The van der Waals surface area contributed by atoms with Crippen molar-refractivity contribution >= 4 is 29.2 Å². The fourth-order valence-electron chi connectivity index (χ4n) is 3.38. The number of nitrogens with zero attached hydrogens (tertiary/aromatic N) is 1. The van der Waals surface area contributed by atoms with Crippen LogP contribution in [0.4, 0.5) is 5.69 Å². The predicted octanol–water partition coefficient (Wildman–Crippen LogP) is 6.40. The minimum Gasteiger partial charge on any atom is -0.392 e. The van der Waals surface area contributed by atoms with E-state index in [-0.39, 0.29) is 13.2 Å². The van der Waals surface area contributed by atoms with Gasteiger partial charge in [0.25, 0.3) is 0 Å². The Morgan fingerprint density at radius 3 is 2.43 bits per heavy atom. The molecule has 0 saturated carbocycles. The maximum absolute atomic E-state index is 9.47. The fourth-order valence-corrected chi connectivity index (χ4v) is 5.42. The molecule has 3 rings (SSSR count). The van der Waals surface area contributed by atoms with Crippen molar-refractivity contribution in [3.8, 4) is 0 Å². The third-order valence-corrected chi connectivity index (χ3v) is 7.19. The third-order valence-electron chi connectivity index (χ3n) is 5.02. The van der Waals surface area contributed by atoms with Gasteiger partial charge in [0, 0.05) is 21.2 Å². The Hall–Kier alpha value is -1.92. The summed E-state index contributed by atoms with van der Waals surface area (Å²) >= 11 is 3.43. The Balaban J connectivity index is 1.80. The van der Waals surface area contributed by atoms with Crippen molar-refractivity contribution in [2.75, 3.05) is 11.4 Å². The van der Waals surface area contributed by atoms with Crippen LogP contribution in [0.25, 0.3) is 0 Å². The number of anilines is 1. The highest BCUT2D eigenvalue weighted by atomic mass is 32.2. The Bertz CT molecular complexity index is 995. The molecular formula is C25H29NO2S2. The second-order valence-corrected chi connectivity index (χ2v) is 9.42. The second-order valence-electron chi connectivity index (χ2n) is 7.19. The van der Waals surface area contributed by atoms with Crippen molar-refractivity contribution in [3.63, 3.8) is 0 Å². The molecule has 0 atom stereocenters. The van der Waals surface area contributed by atoms with E-state index in [0.29, 0.717) is 0 Å². The summed E-state index contributed by atoms with van der Waals surface area (Å²) in [6.07, 6.45) is 5.33. The number of hydrogen-bond donors (Lipinski definition) is 2. The number of aryl methyl sites for hydroxylation is 1. The quantitative estimate of drug-likeness (QED) is 0.368. The van der Waals surface area contributed by atoms with Gasteiger partial charge in [-0.25, -0.2) is 0 Å². The number of hydrogen-bond acceptors (Lipinski definition) is 5. The summed E-state index contributed by atoms with van der Waals surface area (Å²) in [5.74, 6) is 0. The summed E-state index contributed by atoms with van der Waals surface area (Å²) < 4.78 is 0. The van der Waals surface area contributed by atoms with E-state index in [1.165, 1.54) is 21.2 Å². The molecule has 2 aromatic rings. The summed E-state index contributed by atoms with van der Waals surface area (Å²) in [6.45, 7) is 11.6. The normalized spacial score (nSPS) is 15.0. The number of thioether (sulfide) groups is 2. The van der Waals surface area contributed by atoms with Crippen LogP contribution < -0.4 is 4.90 Å². The first-order valence-electron chi connectivity index (χ1n) is 10.2. The van der Waals surface area contributed by atoms with Crippen LogP contribution in [0.1, 0.15) is 37.0 Å².